The Bertz CT molecular complexity index is 731. The predicted molar refractivity (Wildman–Crippen MR) is 104 cm³/mol. The van der Waals surface area contributed by atoms with E-state index in [1.807, 2.05) is 24.3 Å². The van der Waals surface area contributed by atoms with E-state index < -0.39 is 0 Å². The molecule has 1 amide bonds. The monoisotopic (exact) mass is 387 g/mol. The Morgan fingerprint density at radius 2 is 1.83 bits per heavy atom. The van der Waals surface area contributed by atoms with Crippen molar-refractivity contribution in [3.05, 3.63) is 63.6 Å². The van der Waals surface area contributed by atoms with Gasteiger partial charge < -0.3 is 10.1 Å². The van der Waals surface area contributed by atoms with E-state index >= 15 is 0 Å². The normalized spacial score (nSPS) is 10.8. The number of ether oxygens (including phenoxy) is 1. The Morgan fingerprint density at radius 1 is 1.17 bits per heavy atom. The van der Waals surface area contributed by atoms with Crippen molar-refractivity contribution in [3.63, 3.8) is 0 Å². The van der Waals surface area contributed by atoms with Crippen LogP contribution >= 0.6 is 15.9 Å². The highest BCUT2D eigenvalue weighted by Crippen LogP contribution is 2.26. The molecule has 4 heteroatoms. The number of benzene rings is 2. The minimum Gasteiger partial charge on any atom is -0.496 e. The molecule has 0 spiro atoms. The topological polar surface area (TPSA) is 38.3 Å². The maximum Gasteiger partial charge on any atom is 0.248 e. The standard InChI is InChI=1S/C20H22BrNO2/c1-4-15-7-6-8-16(5-2)20(15)22-19(23)12-10-14-9-11-18(24-3)17(21)13-14/h6-13H,4-5H2,1-3H3,(H,22,23). The first kappa shape index (κ1) is 18.3. The van der Waals surface area contributed by atoms with Gasteiger partial charge >= 0.3 is 0 Å². The smallest absolute Gasteiger partial charge is 0.248 e. The number of hydrogen-bond acceptors (Lipinski definition) is 2. The van der Waals surface area contributed by atoms with Crippen LogP contribution in [-0.4, -0.2) is 13.0 Å². The molecule has 0 radical (unpaired) electrons. The number of para-hydroxylation sites is 1. The van der Waals surface area contributed by atoms with Crippen molar-refractivity contribution in [1.82, 2.24) is 0 Å². The molecule has 0 fully saturated rings. The Morgan fingerprint density at radius 3 is 2.38 bits per heavy atom. The van der Waals surface area contributed by atoms with E-state index in [1.165, 1.54) is 0 Å². The lowest BCUT2D eigenvalue weighted by molar-refractivity contribution is -0.111. The van der Waals surface area contributed by atoms with E-state index in [-0.39, 0.29) is 5.91 Å². The molecule has 0 heterocycles. The molecule has 0 aliphatic heterocycles. The summed E-state index contributed by atoms with van der Waals surface area (Å²) in [5.74, 6) is 0.638. The third-order valence-corrected chi connectivity index (χ3v) is 4.47. The Hall–Kier alpha value is -2.07. The molecule has 126 valence electrons. The maximum absolute atomic E-state index is 12.3. The summed E-state index contributed by atoms with van der Waals surface area (Å²) in [4.78, 5) is 12.3. The van der Waals surface area contributed by atoms with E-state index in [0.29, 0.717) is 0 Å². The highest BCUT2D eigenvalue weighted by atomic mass is 79.9. The zero-order valence-electron chi connectivity index (χ0n) is 14.2. The highest BCUT2D eigenvalue weighted by Gasteiger charge is 2.08. The zero-order chi connectivity index (χ0) is 17.5. The highest BCUT2D eigenvalue weighted by molar-refractivity contribution is 9.10. The molecule has 2 aromatic carbocycles. The fraction of sp³-hybridized carbons (Fsp3) is 0.250. The van der Waals surface area contributed by atoms with Crippen LogP contribution in [0.2, 0.25) is 0 Å². The molecule has 0 aromatic heterocycles. The van der Waals surface area contributed by atoms with Crippen molar-refractivity contribution in [2.45, 2.75) is 26.7 Å². The van der Waals surface area contributed by atoms with Crippen LogP contribution < -0.4 is 10.1 Å². The number of methoxy groups -OCH3 is 1. The Labute approximate surface area is 151 Å². The number of aryl methyl sites for hydroxylation is 2. The summed E-state index contributed by atoms with van der Waals surface area (Å²) in [6.45, 7) is 4.18. The summed E-state index contributed by atoms with van der Waals surface area (Å²) >= 11 is 3.45. The van der Waals surface area contributed by atoms with Crippen LogP contribution in [0.4, 0.5) is 5.69 Å². The van der Waals surface area contributed by atoms with E-state index in [4.69, 9.17) is 4.74 Å². The van der Waals surface area contributed by atoms with Crippen molar-refractivity contribution >= 4 is 33.6 Å². The van der Waals surface area contributed by atoms with Crippen molar-refractivity contribution in [1.29, 1.82) is 0 Å². The van der Waals surface area contributed by atoms with Gasteiger partial charge in [-0.3, -0.25) is 4.79 Å². The molecule has 2 aromatic rings. The molecule has 0 saturated carbocycles. The number of halogens is 1. The summed E-state index contributed by atoms with van der Waals surface area (Å²) in [5, 5.41) is 3.03. The lowest BCUT2D eigenvalue weighted by Crippen LogP contribution is -2.11. The average Bonchev–Trinajstić information content (AvgIpc) is 2.60. The second kappa shape index (κ2) is 8.69. The SMILES string of the molecule is CCc1cccc(CC)c1NC(=O)C=Cc1ccc(OC)c(Br)c1. The molecular weight excluding hydrogens is 366 g/mol. The summed E-state index contributed by atoms with van der Waals surface area (Å²) < 4.78 is 6.06. The average molecular weight is 388 g/mol. The zero-order valence-corrected chi connectivity index (χ0v) is 15.8. The summed E-state index contributed by atoms with van der Waals surface area (Å²) in [6.07, 6.45) is 5.12. The number of amides is 1. The number of carbonyl (C=O) groups is 1. The van der Waals surface area contributed by atoms with Gasteiger partial charge in [0.1, 0.15) is 5.75 Å². The van der Waals surface area contributed by atoms with Gasteiger partial charge in [-0.1, -0.05) is 38.1 Å². The fourth-order valence-electron chi connectivity index (χ4n) is 2.53. The van der Waals surface area contributed by atoms with Crippen LogP contribution in [0.5, 0.6) is 5.75 Å². The van der Waals surface area contributed by atoms with E-state index in [0.717, 1.165) is 45.4 Å². The molecule has 0 aliphatic rings. The quantitative estimate of drug-likeness (QED) is 0.688. The first-order valence-corrected chi connectivity index (χ1v) is 8.81. The molecular formula is C20H22BrNO2. The van der Waals surface area contributed by atoms with Gasteiger partial charge in [0.25, 0.3) is 0 Å². The van der Waals surface area contributed by atoms with Crippen LogP contribution in [0.3, 0.4) is 0 Å². The van der Waals surface area contributed by atoms with Crippen LogP contribution in [-0.2, 0) is 17.6 Å². The second-order valence-corrected chi connectivity index (χ2v) is 6.23. The van der Waals surface area contributed by atoms with Crippen LogP contribution in [0, 0.1) is 0 Å². The van der Waals surface area contributed by atoms with Gasteiger partial charge in [-0.05, 0) is 63.7 Å². The molecule has 24 heavy (non-hydrogen) atoms. The van der Waals surface area contributed by atoms with E-state index in [1.54, 1.807) is 19.3 Å². The number of rotatable bonds is 6. The second-order valence-electron chi connectivity index (χ2n) is 5.37. The number of nitrogens with one attached hydrogen (secondary N) is 1. The first-order chi connectivity index (χ1) is 11.6. The maximum atomic E-state index is 12.3. The lowest BCUT2D eigenvalue weighted by atomic mass is 10.0. The van der Waals surface area contributed by atoms with Gasteiger partial charge in [0, 0.05) is 11.8 Å². The summed E-state index contributed by atoms with van der Waals surface area (Å²) in [7, 11) is 1.62. The van der Waals surface area contributed by atoms with E-state index in [9.17, 15) is 4.79 Å². The minimum absolute atomic E-state index is 0.127. The molecule has 3 nitrogen and oxygen atoms in total. The van der Waals surface area contributed by atoms with Gasteiger partial charge in [0.2, 0.25) is 5.91 Å². The van der Waals surface area contributed by atoms with Gasteiger partial charge in [0.05, 0.1) is 11.6 Å². The molecule has 2 rings (SSSR count). The van der Waals surface area contributed by atoms with Gasteiger partial charge in [0.15, 0.2) is 0 Å². The third kappa shape index (κ3) is 4.48. The van der Waals surface area contributed by atoms with Crippen LogP contribution in [0.15, 0.2) is 46.9 Å². The van der Waals surface area contributed by atoms with Crippen molar-refractivity contribution in [2.24, 2.45) is 0 Å². The van der Waals surface area contributed by atoms with Crippen molar-refractivity contribution < 1.29 is 9.53 Å². The first-order valence-electron chi connectivity index (χ1n) is 8.02. The van der Waals surface area contributed by atoms with Crippen molar-refractivity contribution in [3.8, 4) is 5.75 Å². The molecule has 0 bridgehead atoms. The van der Waals surface area contributed by atoms with Crippen LogP contribution in [0.1, 0.15) is 30.5 Å². The predicted octanol–water partition coefficient (Wildman–Crippen LogP) is 5.23. The molecule has 0 atom stereocenters. The Kier molecular flexibility index (Phi) is 6.62. The van der Waals surface area contributed by atoms with Crippen molar-refractivity contribution in [2.75, 3.05) is 12.4 Å². The number of anilines is 1. The fourth-order valence-corrected chi connectivity index (χ4v) is 3.08. The summed E-state index contributed by atoms with van der Waals surface area (Å²) in [6, 6.07) is 11.8. The molecule has 0 unspecified atom stereocenters. The third-order valence-electron chi connectivity index (χ3n) is 3.85. The van der Waals surface area contributed by atoms with E-state index in [2.05, 4.69) is 47.2 Å². The Balaban J connectivity index is 2.15. The largest absolute Gasteiger partial charge is 0.496 e. The van der Waals surface area contributed by atoms with Gasteiger partial charge in [-0.15, -0.1) is 0 Å². The number of hydrogen-bond donors (Lipinski definition) is 1. The van der Waals surface area contributed by atoms with Gasteiger partial charge in [-0.25, -0.2) is 0 Å². The van der Waals surface area contributed by atoms with Crippen LogP contribution in [0.25, 0.3) is 6.08 Å². The number of carbonyl (C=O) groups excluding carboxylic acids is 1. The molecule has 0 saturated heterocycles. The summed E-state index contributed by atoms with van der Waals surface area (Å²) in [5.41, 5.74) is 4.18. The lowest BCUT2D eigenvalue weighted by Gasteiger charge is -2.13. The molecule has 0 aliphatic carbocycles. The molecule has 1 N–H and O–H groups in total. The van der Waals surface area contributed by atoms with Gasteiger partial charge in [-0.2, -0.15) is 0 Å². The minimum atomic E-state index is -0.127.